The quantitative estimate of drug-likeness (QED) is 0.627. The van der Waals surface area contributed by atoms with Crippen LogP contribution in [-0.2, 0) is 0 Å². The molecule has 1 saturated heterocycles. The summed E-state index contributed by atoms with van der Waals surface area (Å²) in [6.45, 7) is 4.61. The maximum atomic E-state index is 2.62. The lowest BCUT2D eigenvalue weighted by atomic mass is 9.92. The minimum atomic E-state index is 0.871. The second kappa shape index (κ2) is 4.86. The van der Waals surface area contributed by atoms with E-state index in [0.717, 1.165) is 12.1 Å². The molecular formula is C11H23N. The van der Waals surface area contributed by atoms with Crippen LogP contribution >= 0.6 is 0 Å². The van der Waals surface area contributed by atoms with Crippen LogP contribution in [0.2, 0.25) is 0 Å². The second-order valence-electron chi connectivity index (χ2n) is 4.10. The molecule has 0 N–H and O–H groups in total. The van der Waals surface area contributed by atoms with E-state index in [4.69, 9.17) is 0 Å². The minimum Gasteiger partial charge on any atom is -0.300 e. The van der Waals surface area contributed by atoms with Crippen LogP contribution in [0.15, 0.2) is 0 Å². The van der Waals surface area contributed by atoms with Crippen molar-refractivity contribution in [2.24, 2.45) is 0 Å². The molecule has 2 atom stereocenters. The van der Waals surface area contributed by atoms with Crippen LogP contribution in [0.25, 0.3) is 0 Å². The first kappa shape index (κ1) is 10.0. The summed E-state index contributed by atoms with van der Waals surface area (Å²) in [5, 5.41) is 0. The van der Waals surface area contributed by atoms with Gasteiger partial charge in [0.25, 0.3) is 0 Å². The summed E-state index contributed by atoms with van der Waals surface area (Å²) in [6, 6.07) is 1.75. The molecule has 0 bridgehead atoms. The zero-order chi connectivity index (χ0) is 8.97. The summed E-state index contributed by atoms with van der Waals surface area (Å²) in [5.74, 6) is 0. The fourth-order valence-corrected chi connectivity index (χ4v) is 2.47. The van der Waals surface area contributed by atoms with Gasteiger partial charge in [-0.15, -0.1) is 0 Å². The second-order valence-corrected chi connectivity index (χ2v) is 4.10. The summed E-state index contributed by atoms with van der Waals surface area (Å²) in [5.41, 5.74) is 0. The number of hydrogen-bond acceptors (Lipinski definition) is 1. The van der Waals surface area contributed by atoms with E-state index in [2.05, 4.69) is 25.8 Å². The van der Waals surface area contributed by atoms with Crippen LogP contribution in [0.3, 0.4) is 0 Å². The lowest BCUT2D eigenvalue weighted by Gasteiger charge is -2.39. The first-order valence-corrected chi connectivity index (χ1v) is 5.51. The zero-order valence-electron chi connectivity index (χ0n) is 8.84. The Labute approximate surface area is 77.1 Å². The highest BCUT2D eigenvalue weighted by Crippen LogP contribution is 2.25. The number of piperidine rings is 1. The Morgan fingerprint density at radius 2 is 1.83 bits per heavy atom. The summed E-state index contributed by atoms with van der Waals surface area (Å²) >= 11 is 0. The average Bonchev–Trinajstić information content (AvgIpc) is 2.09. The van der Waals surface area contributed by atoms with Gasteiger partial charge in [0, 0.05) is 12.1 Å². The van der Waals surface area contributed by atoms with Gasteiger partial charge in [0.05, 0.1) is 0 Å². The highest BCUT2D eigenvalue weighted by molar-refractivity contribution is 4.80. The van der Waals surface area contributed by atoms with E-state index < -0.39 is 0 Å². The predicted molar refractivity (Wildman–Crippen MR) is 54.4 cm³/mol. The van der Waals surface area contributed by atoms with Gasteiger partial charge in [-0.2, -0.15) is 0 Å². The third kappa shape index (κ3) is 2.22. The van der Waals surface area contributed by atoms with E-state index in [1.54, 1.807) is 0 Å². The van der Waals surface area contributed by atoms with Crippen molar-refractivity contribution in [3.05, 3.63) is 0 Å². The lowest BCUT2D eigenvalue weighted by Crippen LogP contribution is -2.43. The molecule has 1 rings (SSSR count). The first-order valence-electron chi connectivity index (χ1n) is 5.51. The summed E-state index contributed by atoms with van der Waals surface area (Å²) in [4.78, 5) is 2.62. The van der Waals surface area contributed by atoms with Crippen molar-refractivity contribution in [1.82, 2.24) is 4.90 Å². The Morgan fingerprint density at radius 1 is 1.17 bits per heavy atom. The molecule has 0 saturated carbocycles. The number of nitrogens with zero attached hydrogens (tertiary/aromatic N) is 1. The zero-order valence-corrected chi connectivity index (χ0v) is 8.84. The number of hydrogen-bond donors (Lipinski definition) is 0. The number of likely N-dealkylation sites (tertiary alicyclic amines) is 1. The van der Waals surface area contributed by atoms with Crippen LogP contribution in [0.1, 0.15) is 52.4 Å². The summed E-state index contributed by atoms with van der Waals surface area (Å²) < 4.78 is 0. The van der Waals surface area contributed by atoms with Crippen molar-refractivity contribution >= 4 is 0 Å². The Morgan fingerprint density at radius 3 is 2.42 bits per heavy atom. The van der Waals surface area contributed by atoms with E-state index >= 15 is 0 Å². The van der Waals surface area contributed by atoms with Crippen LogP contribution in [0.5, 0.6) is 0 Å². The summed E-state index contributed by atoms with van der Waals surface area (Å²) in [7, 11) is 2.31. The Hall–Kier alpha value is -0.0400. The van der Waals surface area contributed by atoms with Gasteiger partial charge >= 0.3 is 0 Å². The molecule has 0 amide bonds. The van der Waals surface area contributed by atoms with Crippen molar-refractivity contribution in [1.29, 1.82) is 0 Å². The molecule has 72 valence electrons. The van der Waals surface area contributed by atoms with Gasteiger partial charge in [-0.25, -0.2) is 0 Å². The average molecular weight is 169 g/mol. The number of rotatable bonds is 3. The Balaban J connectivity index is 2.41. The van der Waals surface area contributed by atoms with Crippen LogP contribution in [0.4, 0.5) is 0 Å². The molecule has 1 heteroatoms. The summed E-state index contributed by atoms with van der Waals surface area (Å²) in [6.07, 6.45) is 8.37. The molecule has 0 spiro atoms. The molecule has 2 unspecified atom stereocenters. The molecule has 0 aromatic rings. The standard InChI is InChI=1S/C11H23N/c1-4-7-11-9-6-8-10(5-2)12(11)3/h10-11H,4-9H2,1-3H3. The van der Waals surface area contributed by atoms with Crippen LogP contribution in [-0.4, -0.2) is 24.0 Å². The van der Waals surface area contributed by atoms with Gasteiger partial charge in [0.1, 0.15) is 0 Å². The molecule has 1 nitrogen and oxygen atoms in total. The fourth-order valence-electron chi connectivity index (χ4n) is 2.47. The monoisotopic (exact) mass is 169 g/mol. The third-order valence-electron chi connectivity index (χ3n) is 3.32. The third-order valence-corrected chi connectivity index (χ3v) is 3.32. The highest BCUT2D eigenvalue weighted by Gasteiger charge is 2.24. The van der Waals surface area contributed by atoms with Crippen molar-refractivity contribution in [3.63, 3.8) is 0 Å². The highest BCUT2D eigenvalue weighted by atomic mass is 15.2. The maximum Gasteiger partial charge on any atom is 0.00950 e. The maximum absolute atomic E-state index is 2.62. The molecule has 1 fully saturated rings. The van der Waals surface area contributed by atoms with Gasteiger partial charge in [0.15, 0.2) is 0 Å². The fraction of sp³-hybridized carbons (Fsp3) is 1.00. The molecule has 1 heterocycles. The molecule has 12 heavy (non-hydrogen) atoms. The topological polar surface area (TPSA) is 3.24 Å². The lowest BCUT2D eigenvalue weighted by molar-refractivity contribution is 0.105. The van der Waals surface area contributed by atoms with E-state index in [1.807, 2.05) is 0 Å². The normalized spacial score (nSPS) is 32.2. The van der Waals surface area contributed by atoms with Gasteiger partial charge in [-0.1, -0.05) is 26.7 Å². The first-order chi connectivity index (χ1) is 5.79. The van der Waals surface area contributed by atoms with Crippen molar-refractivity contribution < 1.29 is 0 Å². The molecule has 1 aliphatic heterocycles. The van der Waals surface area contributed by atoms with E-state index in [-0.39, 0.29) is 0 Å². The molecule has 0 aromatic heterocycles. The van der Waals surface area contributed by atoms with E-state index in [1.165, 1.54) is 38.5 Å². The predicted octanol–water partition coefficient (Wildman–Crippen LogP) is 3.05. The smallest absolute Gasteiger partial charge is 0.00950 e. The van der Waals surface area contributed by atoms with Gasteiger partial charge < -0.3 is 4.90 Å². The van der Waals surface area contributed by atoms with E-state index in [9.17, 15) is 0 Å². The van der Waals surface area contributed by atoms with Crippen molar-refractivity contribution in [3.8, 4) is 0 Å². The minimum absolute atomic E-state index is 0.871. The van der Waals surface area contributed by atoms with Gasteiger partial charge in [0.2, 0.25) is 0 Å². The van der Waals surface area contributed by atoms with Crippen molar-refractivity contribution in [2.75, 3.05) is 7.05 Å². The van der Waals surface area contributed by atoms with Gasteiger partial charge in [-0.3, -0.25) is 0 Å². The SMILES string of the molecule is CCCC1CCCC(CC)N1C. The van der Waals surface area contributed by atoms with Crippen LogP contribution < -0.4 is 0 Å². The Bertz CT molecular complexity index is 120. The molecule has 0 aromatic carbocycles. The van der Waals surface area contributed by atoms with Crippen molar-refractivity contribution in [2.45, 2.75) is 64.5 Å². The van der Waals surface area contributed by atoms with Crippen LogP contribution in [0, 0.1) is 0 Å². The largest absolute Gasteiger partial charge is 0.300 e. The molecular weight excluding hydrogens is 146 g/mol. The van der Waals surface area contributed by atoms with Gasteiger partial charge in [-0.05, 0) is 32.7 Å². The molecule has 0 aliphatic carbocycles. The van der Waals surface area contributed by atoms with E-state index in [0.29, 0.717) is 0 Å². The Kier molecular flexibility index (Phi) is 4.07. The molecule has 1 aliphatic rings. The molecule has 0 radical (unpaired) electrons.